The molecule has 100 valence electrons. The van der Waals surface area contributed by atoms with Gasteiger partial charge in [-0.3, -0.25) is 4.79 Å². The molecule has 0 saturated carbocycles. The van der Waals surface area contributed by atoms with Gasteiger partial charge in [-0.2, -0.15) is 0 Å². The summed E-state index contributed by atoms with van der Waals surface area (Å²) in [6, 6.07) is 12.8. The second-order valence-electron chi connectivity index (χ2n) is 4.62. The van der Waals surface area contributed by atoms with Gasteiger partial charge in [0.15, 0.2) is 5.43 Å². The van der Waals surface area contributed by atoms with E-state index in [0.29, 0.717) is 21.0 Å². The molecule has 0 unspecified atom stereocenters. The zero-order valence-corrected chi connectivity index (χ0v) is 12.2. The molecule has 3 rings (SSSR count). The van der Waals surface area contributed by atoms with Crippen LogP contribution in [0.1, 0.15) is 5.56 Å². The molecule has 1 aromatic heterocycles. The van der Waals surface area contributed by atoms with Gasteiger partial charge in [-0.1, -0.05) is 35.3 Å². The van der Waals surface area contributed by atoms with Crippen LogP contribution in [0, 0.1) is 6.92 Å². The molecule has 3 aromatic rings. The number of hydrogen-bond donors (Lipinski definition) is 0. The second kappa shape index (κ2) is 4.97. The van der Waals surface area contributed by atoms with Crippen LogP contribution in [0.25, 0.3) is 16.6 Å². The summed E-state index contributed by atoms with van der Waals surface area (Å²) in [5, 5.41) is 1.84. The summed E-state index contributed by atoms with van der Waals surface area (Å²) < 4.78 is 1.90. The van der Waals surface area contributed by atoms with Crippen LogP contribution in [0.2, 0.25) is 10.0 Å². The molecule has 2 nitrogen and oxygen atoms in total. The molecule has 0 spiro atoms. The molecule has 0 aliphatic rings. The first-order valence-electron chi connectivity index (χ1n) is 6.14. The average molecular weight is 304 g/mol. The van der Waals surface area contributed by atoms with Crippen molar-refractivity contribution in [2.45, 2.75) is 6.92 Å². The Balaban J connectivity index is 2.48. The maximum atomic E-state index is 12.2. The highest BCUT2D eigenvalue weighted by atomic mass is 35.5. The zero-order valence-electron chi connectivity index (χ0n) is 10.7. The Labute approximate surface area is 126 Å². The first-order valence-corrected chi connectivity index (χ1v) is 6.90. The summed E-state index contributed by atoms with van der Waals surface area (Å²) in [7, 11) is 0. The smallest absolute Gasteiger partial charge is 0.192 e. The number of nitrogens with zero attached hydrogens (tertiary/aromatic N) is 1. The van der Waals surface area contributed by atoms with E-state index in [0.717, 1.165) is 11.2 Å². The average Bonchev–Trinajstić information content (AvgIpc) is 2.43. The molecule has 0 N–H and O–H groups in total. The van der Waals surface area contributed by atoms with Gasteiger partial charge >= 0.3 is 0 Å². The molecule has 2 aromatic carbocycles. The molecule has 0 bridgehead atoms. The minimum absolute atomic E-state index is 0.0139. The van der Waals surface area contributed by atoms with Gasteiger partial charge in [0.1, 0.15) is 0 Å². The summed E-state index contributed by atoms with van der Waals surface area (Å²) in [4.78, 5) is 12.2. The number of benzene rings is 2. The fourth-order valence-corrected chi connectivity index (χ4v) is 2.67. The molecule has 1 heterocycles. The third-order valence-corrected chi connectivity index (χ3v) is 3.81. The number of rotatable bonds is 1. The highest BCUT2D eigenvalue weighted by molar-refractivity contribution is 6.32. The number of pyridine rings is 1. The highest BCUT2D eigenvalue weighted by Gasteiger charge is 2.10. The van der Waals surface area contributed by atoms with Crippen LogP contribution in [0.15, 0.2) is 53.5 Å². The fourth-order valence-electron chi connectivity index (χ4n) is 2.28. The monoisotopic (exact) mass is 303 g/mol. The van der Waals surface area contributed by atoms with Crippen molar-refractivity contribution in [3.8, 4) is 5.69 Å². The Kier molecular flexibility index (Phi) is 3.28. The van der Waals surface area contributed by atoms with E-state index < -0.39 is 0 Å². The minimum Gasteiger partial charge on any atom is -0.314 e. The summed E-state index contributed by atoms with van der Waals surface area (Å²) in [5.74, 6) is 0. The van der Waals surface area contributed by atoms with E-state index in [1.807, 2.05) is 28.8 Å². The quantitative estimate of drug-likeness (QED) is 0.643. The van der Waals surface area contributed by atoms with Crippen LogP contribution >= 0.6 is 23.2 Å². The summed E-state index contributed by atoms with van der Waals surface area (Å²) in [6.07, 6.45) is 1.79. The minimum atomic E-state index is 0.0139. The van der Waals surface area contributed by atoms with Gasteiger partial charge in [0, 0.05) is 22.2 Å². The van der Waals surface area contributed by atoms with E-state index in [2.05, 4.69) is 0 Å². The molecule has 0 radical (unpaired) electrons. The summed E-state index contributed by atoms with van der Waals surface area (Å²) in [6.45, 7) is 1.80. The lowest BCUT2D eigenvalue weighted by atomic mass is 10.1. The van der Waals surface area contributed by atoms with Gasteiger partial charge in [-0.05, 0) is 37.3 Å². The molecule has 0 atom stereocenters. The van der Waals surface area contributed by atoms with E-state index in [-0.39, 0.29) is 5.43 Å². The van der Waals surface area contributed by atoms with E-state index in [4.69, 9.17) is 23.2 Å². The molecule has 0 aliphatic heterocycles. The fraction of sp³-hybridized carbons (Fsp3) is 0.0625. The van der Waals surface area contributed by atoms with E-state index in [1.54, 1.807) is 31.3 Å². The van der Waals surface area contributed by atoms with Crippen molar-refractivity contribution in [3.63, 3.8) is 0 Å². The molecular weight excluding hydrogens is 293 g/mol. The molecule has 0 aliphatic carbocycles. The van der Waals surface area contributed by atoms with Crippen LogP contribution in [-0.4, -0.2) is 4.57 Å². The maximum absolute atomic E-state index is 12.2. The normalized spacial score (nSPS) is 10.9. The second-order valence-corrected chi connectivity index (χ2v) is 5.47. The third kappa shape index (κ3) is 2.11. The Morgan fingerprint density at radius 1 is 1.05 bits per heavy atom. The van der Waals surface area contributed by atoms with Crippen molar-refractivity contribution in [1.82, 2.24) is 4.57 Å². The third-order valence-electron chi connectivity index (χ3n) is 3.26. The zero-order chi connectivity index (χ0) is 14.3. The van der Waals surface area contributed by atoms with Gasteiger partial charge in [-0.25, -0.2) is 0 Å². The summed E-state index contributed by atoms with van der Waals surface area (Å²) in [5.41, 5.74) is 2.26. The van der Waals surface area contributed by atoms with Crippen LogP contribution in [0.4, 0.5) is 0 Å². The number of aromatic nitrogens is 1. The lowest BCUT2D eigenvalue weighted by Gasteiger charge is -2.14. The van der Waals surface area contributed by atoms with E-state index >= 15 is 0 Å². The number of halogens is 2. The maximum Gasteiger partial charge on any atom is 0.192 e. The van der Waals surface area contributed by atoms with Crippen molar-refractivity contribution in [2.24, 2.45) is 0 Å². The first kappa shape index (κ1) is 13.2. The van der Waals surface area contributed by atoms with Crippen LogP contribution in [0.3, 0.4) is 0 Å². The molecule has 0 amide bonds. The number of hydrogen-bond acceptors (Lipinski definition) is 1. The van der Waals surface area contributed by atoms with Crippen LogP contribution < -0.4 is 5.43 Å². The first-order chi connectivity index (χ1) is 9.58. The van der Waals surface area contributed by atoms with Crippen molar-refractivity contribution in [3.05, 3.63) is 74.5 Å². The molecule has 20 heavy (non-hydrogen) atoms. The highest BCUT2D eigenvalue weighted by Crippen LogP contribution is 2.25. The predicted octanol–water partition coefficient (Wildman–Crippen LogP) is 4.61. The Hall–Kier alpha value is -1.77. The van der Waals surface area contributed by atoms with Gasteiger partial charge in [0.25, 0.3) is 0 Å². The number of fused-ring (bicyclic) bond motifs is 1. The standard InChI is InChI=1S/C16H11Cl2NO/c1-10-9-19(14-5-3-2-4-13(14)18)15-8-11(17)6-7-12(15)16(10)20/h2-9H,1H3. The van der Waals surface area contributed by atoms with Crippen LogP contribution in [-0.2, 0) is 0 Å². The van der Waals surface area contributed by atoms with Gasteiger partial charge in [0.2, 0.25) is 0 Å². The van der Waals surface area contributed by atoms with Gasteiger partial charge in [-0.15, -0.1) is 0 Å². The van der Waals surface area contributed by atoms with Crippen LogP contribution in [0.5, 0.6) is 0 Å². The Morgan fingerprint density at radius 2 is 1.80 bits per heavy atom. The molecule has 4 heteroatoms. The number of aryl methyl sites for hydroxylation is 1. The molecule has 0 saturated heterocycles. The van der Waals surface area contributed by atoms with E-state index in [1.165, 1.54) is 0 Å². The van der Waals surface area contributed by atoms with Gasteiger partial charge < -0.3 is 4.57 Å². The van der Waals surface area contributed by atoms with Crippen molar-refractivity contribution >= 4 is 34.1 Å². The van der Waals surface area contributed by atoms with Gasteiger partial charge in [0.05, 0.1) is 16.2 Å². The topological polar surface area (TPSA) is 22.0 Å². The Bertz CT molecular complexity index is 868. The lowest BCUT2D eigenvalue weighted by Crippen LogP contribution is -2.11. The largest absolute Gasteiger partial charge is 0.314 e. The number of para-hydroxylation sites is 1. The van der Waals surface area contributed by atoms with E-state index in [9.17, 15) is 4.79 Å². The summed E-state index contributed by atoms with van der Waals surface area (Å²) >= 11 is 12.3. The van der Waals surface area contributed by atoms with Crippen molar-refractivity contribution in [2.75, 3.05) is 0 Å². The molecular formula is C16H11Cl2NO. The molecule has 0 fully saturated rings. The van der Waals surface area contributed by atoms with Crippen molar-refractivity contribution in [1.29, 1.82) is 0 Å². The SMILES string of the molecule is Cc1cn(-c2ccccc2Cl)c2cc(Cl)ccc2c1=O. The van der Waals surface area contributed by atoms with Crippen molar-refractivity contribution < 1.29 is 0 Å². The predicted molar refractivity (Wildman–Crippen MR) is 84.3 cm³/mol. The Morgan fingerprint density at radius 3 is 2.55 bits per heavy atom. The lowest BCUT2D eigenvalue weighted by molar-refractivity contribution is 1.08.